The van der Waals surface area contributed by atoms with Crippen molar-refractivity contribution in [2.24, 2.45) is 0 Å². The maximum atomic E-state index is 14.3. The first-order valence-corrected chi connectivity index (χ1v) is 11.5. The van der Waals surface area contributed by atoms with E-state index in [1.807, 2.05) is 0 Å². The van der Waals surface area contributed by atoms with Crippen molar-refractivity contribution in [2.45, 2.75) is 38.2 Å². The molecule has 4 rings (SSSR count). The Hall–Kier alpha value is -3.33. The molecule has 1 aliphatic rings. The van der Waals surface area contributed by atoms with Gasteiger partial charge in [-0.25, -0.2) is 0 Å². The maximum Gasteiger partial charge on any atom is 0.417 e. The fourth-order valence-corrected chi connectivity index (χ4v) is 4.46. The zero-order chi connectivity index (χ0) is 25.9. The molecule has 3 aromatic carbocycles. The number of alkyl halides is 6. The van der Waals surface area contributed by atoms with Crippen LogP contribution in [0.4, 0.5) is 32.0 Å². The molecular weight excluding hydrogens is 482 g/mol. The summed E-state index contributed by atoms with van der Waals surface area (Å²) in [4.78, 5) is 15.0. The smallest absolute Gasteiger partial charge is 0.322 e. The van der Waals surface area contributed by atoms with Crippen molar-refractivity contribution in [3.8, 4) is 11.1 Å². The predicted molar refractivity (Wildman–Crippen MR) is 125 cm³/mol. The van der Waals surface area contributed by atoms with Crippen molar-refractivity contribution in [3.05, 3.63) is 89.0 Å². The van der Waals surface area contributed by atoms with Gasteiger partial charge in [-0.3, -0.25) is 9.69 Å². The summed E-state index contributed by atoms with van der Waals surface area (Å²) in [6.45, 7) is 1.68. The number of anilines is 1. The van der Waals surface area contributed by atoms with Crippen LogP contribution >= 0.6 is 0 Å². The monoisotopic (exact) mass is 506 g/mol. The largest absolute Gasteiger partial charge is 0.417 e. The Morgan fingerprint density at radius 2 is 1.50 bits per heavy atom. The molecule has 0 aromatic heterocycles. The molecule has 3 nitrogen and oxygen atoms in total. The average molecular weight is 506 g/mol. The van der Waals surface area contributed by atoms with Crippen molar-refractivity contribution >= 4 is 11.6 Å². The Morgan fingerprint density at radius 1 is 0.806 bits per heavy atom. The van der Waals surface area contributed by atoms with Crippen LogP contribution in [0.5, 0.6) is 0 Å². The topological polar surface area (TPSA) is 32.3 Å². The van der Waals surface area contributed by atoms with Gasteiger partial charge < -0.3 is 5.32 Å². The zero-order valence-electron chi connectivity index (χ0n) is 19.2. The van der Waals surface area contributed by atoms with Crippen LogP contribution in [-0.2, 0) is 18.9 Å². The molecule has 0 bridgehead atoms. The summed E-state index contributed by atoms with van der Waals surface area (Å²) >= 11 is 0. The Kier molecular flexibility index (Phi) is 7.40. The summed E-state index contributed by atoms with van der Waals surface area (Å²) in [7, 11) is 0. The third kappa shape index (κ3) is 6.07. The lowest BCUT2D eigenvalue weighted by atomic mass is 9.90. The highest BCUT2D eigenvalue weighted by Crippen LogP contribution is 2.41. The molecule has 0 atom stereocenters. The van der Waals surface area contributed by atoms with E-state index in [0.717, 1.165) is 56.6 Å². The van der Waals surface area contributed by atoms with Crippen molar-refractivity contribution in [1.82, 2.24) is 4.90 Å². The Balaban J connectivity index is 1.78. The van der Waals surface area contributed by atoms with Gasteiger partial charge in [0.1, 0.15) is 0 Å². The minimum atomic E-state index is -4.76. The number of amides is 1. The Bertz CT molecular complexity index is 1220. The minimum Gasteiger partial charge on any atom is -0.322 e. The van der Waals surface area contributed by atoms with Crippen LogP contribution in [0.2, 0.25) is 0 Å². The number of carbonyl (C=O) groups is 1. The van der Waals surface area contributed by atoms with Gasteiger partial charge in [0, 0.05) is 17.8 Å². The lowest BCUT2D eigenvalue weighted by Crippen LogP contribution is -2.30. The van der Waals surface area contributed by atoms with E-state index in [0.29, 0.717) is 11.1 Å². The average Bonchev–Trinajstić information content (AvgIpc) is 2.84. The van der Waals surface area contributed by atoms with Crippen LogP contribution in [0, 0.1) is 0 Å². The third-order valence-corrected chi connectivity index (χ3v) is 6.14. The highest BCUT2D eigenvalue weighted by molar-refractivity contribution is 6.05. The second-order valence-corrected chi connectivity index (χ2v) is 8.79. The van der Waals surface area contributed by atoms with Crippen LogP contribution in [-0.4, -0.2) is 23.9 Å². The van der Waals surface area contributed by atoms with Crippen LogP contribution in [0.1, 0.15) is 46.3 Å². The Morgan fingerprint density at radius 3 is 2.14 bits per heavy atom. The summed E-state index contributed by atoms with van der Waals surface area (Å²) in [5.41, 5.74) is -1.64. The van der Waals surface area contributed by atoms with Gasteiger partial charge in [-0.1, -0.05) is 42.8 Å². The number of hydrogen-bond acceptors (Lipinski definition) is 2. The first-order chi connectivity index (χ1) is 17.0. The Labute approximate surface area is 204 Å². The number of halogens is 6. The van der Waals surface area contributed by atoms with Crippen LogP contribution in [0.15, 0.2) is 66.7 Å². The fraction of sp³-hybridized carbons (Fsp3) is 0.296. The molecule has 190 valence electrons. The van der Waals surface area contributed by atoms with Gasteiger partial charge in [-0.2, -0.15) is 26.3 Å². The second-order valence-electron chi connectivity index (χ2n) is 8.79. The number of nitrogens with zero attached hydrogens (tertiary/aromatic N) is 1. The van der Waals surface area contributed by atoms with Gasteiger partial charge in [-0.15, -0.1) is 0 Å². The minimum absolute atomic E-state index is 0.00397. The SMILES string of the molecule is O=C(Nc1cccc(C(F)(F)F)c1)c1cc(CN2CCCCC2)c(-c2ccccc2)c(C(F)(F)F)c1. The van der Waals surface area contributed by atoms with E-state index in [1.165, 1.54) is 12.1 Å². The summed E-state index contributed by atoms with van der Waals surface area (Å²) < 4.78 is 82.0. The quantitative estimate of drug-likeness (QED) is 0.361. The molecule has 0 unspecified atom stereocenters. The molecule has 0 saturated carbocycles. The molecule has 3 aromatic rings. The van der Waals surface area contributed by atoms with Crippen LogP contribution in [0.3, 0.4) is 0 Å². The first kappa shape index (κ1) is 25.8. The fourth-order valence-electron chi connectivity index (χ4n) is 4.46. The molecule has 1 amide bonds. The lowest BCUT2D eigenvalue weighted by Gasteiger charge is -2.28. The van der Waals surface area contributed by atoms with E-state index < -0.39 is 29.4 Å². The van der Waals surface area contributed by atoms with Crippen molar-refractivity contribution < 1.29 is 31.1 Å². The van der Waals surface area contributed by atoms with Gasteiger partial charge in [0.15, 0.2) is 0 Å². The van der Waals surface area contributed by atoms with Gasteiger partial charge in [0.25, 0.3) is 5.91 Å². The lowest BCUT2D eigenvalue weighted by molar-refractivity contribution is -0.138. The molecule has 1 aliphatic heterocycles. The molecule has 0 aliphatic carbocycles. The third-order valence-electron chi connectivity index (χ3n) is 6.14. The molecule has 1 saturated heterocycles. The van der Waals surface area contributed by atoms with E-state index in [9.17, 15) is 31.1 Å². The van der Waals surface area contributed by atoms with Crippen LogP contribution in [0.25, 0.3) is 11.1 Å². The molecule has 1 fully saturated rings. The highest BCUT2D eigenvalue weighted by Gasteiger charge is 2.36. The van der Waals surface area contributed by atoms with E-state index in [2.05, 4.69) is 10.2 Å². The van der Waals surface area contributed by atoms with E-state index >= 15 is 0 Å². The predicted octanol–water partition coefficient (Wildman–Crippen LogP) is 7.63. The molecule has 1 heterocycles. The number of nitrogens with one attached hydrogen (secondary N) is 1. The zero-order valence-corrected chi connectivity index (χ0v) is 19.2. The molecule has 1 N–H and O–H groups in total. The van der Waals surface area contributed by atoms with E-state index in [4.69, 9.17) is 0 Å². The summed E-state index contributed by atoms with van der Waals surface area (Å²) in [5, 5.41) is 2.32. The maximum absolute atomic E-state index is 14.3. The molecule has 9 heteroatoms. The summed E-state index contributed by atoms with van der Waals surface area (Å²) in [6, 6.07) is 14.3. The summed E-state index contributed by atoms with van der Waals surface area (Å²) in [6.07, 6.45) is -6.46. The molecular formula is C27H24F6N2O. The number of hydrogen-bond donors (Lipinski definition) is 1. The van der Waals surface area contributed by atoms with Crippen LogP contribution < -0.4 is 5.32 Å². The summed E-state index contributed by atoms with van der Waals surface area (Å²) in [5.74, 6) is -0.917. The van der Waals surface area contributed by atoms with Gasteiger partial charge >= 0.3 is 12.4 Å². The number of likely N-dealkylation sites (tertiary alicyclic amines) is 1. The first-order valence-electron chi connectivity index (χ1n) is 11.5. The van der Waals surface area contributed by atoms with Gasteiger partial charge in [0.2, 0.25) is 0 Å². The number of rotatable bonds is 5. The highest BCUT2D eigenvalue weighted by atomic mass is 19.4. The van der Waals surface area contributed by atoms with Gasteiger partial charge in [-0.05, 0) is 73.0 Å². The van der Waals surface area contributed by atoms with E-state index in [1.54, 1.807) is 30.3 Å². The van der Waals surface area contributed by atoms with Gasteiger partial charge in [0.05, 0.1) is 11.1 Å². The molecule has 0 radical (unpaired) electrons. The van der Waals surface area contributed by atoms with Crippen molar-refractivity contribution in [2.75, 3.05) is 18.4 Å². The number of piperidine rings is 1. The van der Waals surface area contributed by atoms with Crippen molar-refractivity contribution in [3.63, 3.8) is 0 Å². The second kappa shape index (κ2) is 10.3. The normalized spacial score (nSPS) is 15.1. The van der Waals surface area contributed by atoms with E-state index in [-0.39, 0.29) is 23.4 Å². The standard InChI is InChI=1S/C27H24F6N2O/c28-26(29,30)21-10-7-11-22(16-21)34-25(36)19-14-20(17-35-12-5-2-6-13-35)24(18-8-3-1-4-9-18)23(15-19)27(31,32)33/h1,3-4,7-11,14-16H,2,5-6,12-13,17H2,(H,34,36). The number of benzene rings is 3. The molecule has 0 spiro atoms. The molecule has 36 heavy (non-hydrogen) atoms. The van der Waals surface area contributed by atoms with Crippen molar-refractivity contribution in [1.29, 1.82) is 0 Å². The number of carbonyl (C=O) groups excluding carboxylic acids is 1.